The third-order valence-electron chi connectivity index (χ3n) is 5.48. The molecular weight excluding hydrogens is 304 g/mol. The van der Waals surface area contributed by atoms with E-state index < -0.39 is 23.3 Å². The monoisotopic (exact) mass is 325 g/mol. The number of methoxy groups -OCH3 is 1. The Bertz CT molecular complexity index is 661. The molecule has 23 heavy (non-hydrogen) atoms. The van der Waals surface area contributed by atoms with Gasteiger partial charge in [-0.3, -0.25) is 4.79 Å². The van der Waals surface area contributed by atoms with E-state index in [4.69, 9.17) is 4.74 Å². The molecule has 1 amide bonds. The van der Waals surface area contributed by atoms with Gasteiger partial charge in [0.2, 0.25) is 0 Å². The molecule has 1 aliphatic heterocycles. The van der Waals surface area contributed by atoms with Crippen molar-refractivity contribution in [2.24, 2.45) is 16.7 Å². The van der Waals surface area contributed by atoms with Crippen LogP contribution in [0.5, 0.6) is 5.75 Å². The smallest absolute Gasteiger partial charge is 0.257 e. The van der Waals surface area contributed by atoms with Crippen LogP contribution in [0.1, 0.15) is 30.6 Å². The molecule has 1 saturated carbocycles. The van der Waals surface area contributed by atoms with Gasteiger partial charge in [-0.25, -0.2) is 8.78 Å². The molecule has 3 rings (SSSR count). The third kappa shape index (κ3) is 2.23. The second kappa shape index (κ2) is 5.16. The number of halogens is 2. The highest BCUT2D eigenvalue weighted by molar-refractivity contribution is 5.95. The summed E-state index contributed by atoms with van der Waals surface area (Å²) in [7, 11) is 1.16. The molecule has 1 saturated heterocycles. The van der Waals surface area contributed by atoms with Gasteiger partial charge in [0.25, 0.3) is 5.91 Å². The van der Waals surface area contributed by atoms with E-state index in [9.17, 15) is 18.7 Å². The fourth-order valence-electron chi connectivity index (χ4n) is 4.55. The van der Waals surface area contributed by atoms with Crippen LogP contribution in [0.4, 0.5) is 8.78 Å². The molecule has 2 aliphatic rings. The van der Waals surface area contributed by atoms with Crippen LogP contribution in [-0.2, 0) is 0 Å². The molecule has 0 spiro atoms. The van der Waals surface area contributed by atoms with Crippen LogP contribution in [0.15, 0.2) is 12.1 Å². The molecule has 2 atom stereocenters. The van der Waals surface area contributed by atoms with Crippen molar-refractivity contribution in [3.63, 3.8) is 0 Å². The number of carbonyl (C=O) groups excluding carboxylic acids is 1. The van der Waals surface area contributed by atoms with Crippen molar-refractivity contribution in [1.82, 2.24) is 4.90 Å². The normalized spacial score (nSPS) is 28.3. The Kier molecular flexibility index (Phi) is 3.63. The zero-order chi connectivity index (χ0) is 17.0. The first-order valence-corrected chi connectivity index (χ1v) is 7.68. The van der Waals surface area contributed by atoms with E-state index in [2.05, 4.69) is 13.8 Å². The van der Waals surface area contributed by atoms with Gasteiger partial charge in [-0.1, -0.05) is 13.8 Å². The number of carbonyl (C=O) groups is 1. The van der Waals surface area contributed by atoms with Crippen LogP contribution in [0.2, 0.25) is 0 Å². The molecule has 0 unspecified atom stereocenters. The predicted octanol–water partition coefficient (Wildman–Crippen LogP) is 2.45. The molecule has 0 radical (unpaired) electrons. The van der Waals surface area contributed by atoms with Gasteiger partial charge in [-0.2, -0.15) is 0 Å². The van der Waals surface area contributed by atoms with Crippen LogP contribution in [0.3, 0.4) is 0 Å². The fraction of sp³-hybridized carbons (Fsp3) is 0.588. The number of aliphatic hydroxyl groups is 1. The Labute approximate surface area is 134 Å². The average molecular weight is 325 g/mol. The van der Waals surface area contributed by atoms with Crippen molar-refractivity contribution in [2.75, 3.05) is 26.8 Å². The number of aliphatic hydroxyl groups excluding tert-OH is 1. The fourth-order valence-corrected chi connectivity index (χ4v) is 4.55. The molecule has 0 aromatic heterocycles. The van der Waals surface area contributed by atoms with Crippen LogP contribution in [0.25, 0.3) is 0 Å². The Balaban J connectivity index is 1.89. The first-order valence-electron chi connectivity index (χ1n) is 7.68. The average Bonchev–Trinajstić information content (AvgIpc) is 2.83. The topological polar surface area (TPSA) is 49.8 Å². The summed E-state index contributed by atoms with van der Waals surface area (Å²) in [4.78, 5) is 14.2. The second-order valence-corrected chi connectivity index (χ2v) is 7.37. The SMILES string of the molecule is COc1c(F)ccc(C(=O)N2C[C@@H]3C(C)(C)C[C@]3(CO)C2)c1F. The molecular formula is C17H21F2NO3. The Hall–Kier alpha value is -1.69. The maximum atomic E-state index is 14.3. The first-order chi connectivity index (χ1) is 10.8. The van der Waals surface area contributed by atoms with Crippen molar-refractivity contribution in [3.8, 4) is 5.75 Å². The van der Waals surface area contributed by atoms with Gasteiger partial charge in [0.15, 0.2) is 17.4 Å². The number of hydrogen-bond donors (Lipinski definition) is 1. The summed E-state index contributed by atoms with van der Waals surface area (Å²) in [5.41, 5.74) is -0.438. The maximum absolute atomic E-state index is 14.3. The lowest BCUT2D eigenvalue weighted by atomic mass is 9.48. The minimum absolute atomic E-state index is 0.0140. The zero-order valence-corrected chi connectivity index (χ0v) is 13.5. The van der Waals surface area contributed by atoms with Gasteiger partial charge in [-0.05, 0) is 29.9 Å². The number of ether oxygens (including phenoxy) is 1. The van der Waals surface area contributed by atoms with Crippen molar-refractivity contribution < 1.29 is 23.4 Å². The number of amides is 1. The van der Waals surface area contributed by atoms with E-state index in [0.717, 1.165) is 25.7 Å². The molecule has 1 N–H and O–H groups in total. The van der Waals surface area contributed by atoms with Crippen molar-refractivity contribution in [1.29, 1.82) is 0 Å². The van der Waals surface area contributed by atoms with Crippen LogP contribution in [0, 0.1) is 28.4 Å². The van der Waals surface area contributed by atoms with E-state index >= 15 is 0 Å². The van der Waals surface area contributed by atoms with Gasteiger partial charge in [0.1, 0.15) is 0 Å². The third-order valence-corrected chi connectivity index (χ3v) is 5.48. The summed E-state index contributed by atoms with van der Waals surface area (Å²) in [6.45, 7) is 5.11. The minimum Gasteiger partial charge on any atom is -0.491 e. The summed E-state index contributed by atoms with van der Waals surface area (Å²) >= 11 is 0. The van der Waals surface area contributed by atoms with Crippen molar-refractivity contribution in [3.05, 3.63) is 29.3 Å². The number of nitrogens with zero attached hydrogens (tertiary/aromatic N) is 1. The molecule has 6 heteroatoms. The lowest BCUT2D eigenvalue weighted by molar-refractivity contribution is -0.0977. The molecule has 1 aromatic carbocycles. The zero-order valence-electron chi connectivity index (χ0n) is 13.5. The summed E-state index contributed by atoms with van der Waals surface area (Å²) in [6, 6.07) is 2.18. The van der Waals surface area contributed by atoms with E-state index in [0.29, 0.717) is 13.1 Å². The molecule has 1 heterocycles. The molecule has 4 nitrogen and oxygen atoms in total. The first kappa shape index (κ1) is 16.2. The summed E-state index contributed by atoms with van der Waals surface area (Å²) in [6.07, 6.45) is 0.833. The quantitative estimate of drug-likeness (QED) is 0.929. The van der Waals surface area contributed by atoms with Gasteiger partial charge >= 0.3 is 0 Å². The van der Waals surface area contributed by atoms with Gasteiger partial charge in [-0.15, -0.1) is 0 Å². The van der Waals surface area contributed by atoms with Gasteiger partial charge in [0.05, 0.1) is 19.3 Å². The lowest BCUT2D eigenvalue weighted by Gasteiger charge is -2.55. The molecule has 1 aliphatic carbocycles. The molecule has 0 bridgehead atoms. The van der Waals surface area contributed by atoms with Crippen LogP contribution >= 0.6 is 0 Å². The van der Waals surface area contributed by atoms with E-state index in [1.165, 1.54) is 0 Å². The standard InChI is InChI=1S/C17H21F2NO3/c1-16(2)7-17(9-21)8-20(6-12(16)17)15(22)10-4-5-11(18)14(23-3)13(10)19/h4-5,12,21H,6-9H2,1-3H3/t12-,17-/m1/s1. The second-order valence-electron chi connectivity index (χ2n) is 7.37. The van der Waals surface area contributed by atoms with Crippen molar-refractivity contribution >= 4 is 5.91 Å². The Morgan fingerprint density at radius 1 is 1.43 bits per heavy atom. The van der Waals surface area contributed by atoms with Crippen LogP contribution < -0.4 is 4.74 Å². The number of fused-ring (bicyclic) bond motifs is 1. The lowest BCUT2D eigenvalue weighted by Crippen LogP contribution is -2.54. The predicted molar refractivity (Wildman–Crippen MR) is 80.2 cm³/mol. The summed E-state index contributed by atoms with van der Waals surface area (Å²) in [5.74, 6) is -2.66. The Morgan fingerprint density at radius 3 is 2.65 bits per heavy atom. The van der Waals surface area contributed by atoms with Crippen LogP contribution in [-0.4, -0.2) is 42.7 Å². The number of rotatable bonds is 3. The molecule has 2 fully saturated rings. The molecule has 1 aromatic rings. The number of hydrogen-bond acceptors (Lipinski definition) is 3. The maximum Gasteiger partial charge on any atom is 0.257 e. The molecule has 126 valence electrons. The highest BCUT2D eigenvalue weighted by Crippen LogP contribution is 2.62. The highest BCUT2D eigenvalue weighted by atomic mass is 19.1. The highest BCUT2D eigenvalue weighted by Gasteiger charge is 2.63. The van der Waals surface area contributed by atoms with Gasteiger partial charge < -0.3 is 14.7 Å². The van der Waals surface area contributed by atoms with E-state index in [1.54, 1.807) is 4.90 Å². The summed E-state index contributed by atoms with van der Waals surface area (Å²) in [5, 5.41) is 9.74. The van der Waals surface area contributed by atoms with Crippen molar-refractivity contribution in [2.45, 2.75) is 20.3 Å². The van der Waals surface area contributed by atoms with Gasteiger partial charge in [0, 0.05) is 18.5 Å². The van der Waals surface area contributed by atoms with E-state index in [-0.39, 0.29) is 28.9 Å². The minimum atomic E-state index is -0.978. The number of likely N-dealkylation sites (tertiary alicyclic amines) is 1. The largest absolute Gasteiger partial charge is 0.491 e. The number of benzene rings is 1. The summed E-state index contributed by atoms with van der Waals surface area (Å²) < 4.78 is 32.5. The Morgan fingerprint density at radius 2 is 2.13 bits per heavy atom. The van der Waals surface area contributed by atoms with E-state index in [1.807, 2.05) is 0 Å².